The number of nitrogen functional groups attached to an aromatic ring is 1. The van der Waals surface area contributed by atoms with E-state index in [1.807, 2.05) is 44.2 Å². The fourth-order valence-electron chi connectivity index (χ4n) is 9.27. The van der Waals surface area contributed by atoms with Crippen LogP contribution in [0.2, 0.25) is 0 Å². The van der Waals surface area contributed by atoms with Crippen LogP contribution in [-0.4, -0.2) is 138 Å². The molecule has 4 saturated heterocycles. The number of sulfonamides is 2. The predicted octanol–water partition coefficient (Wildman–Crippen LogP) is 7.53. The number of ether oxygens (including phenoxy) is 4. The molecular weight excluding hydrogens is 1100 g/mol. The average Bonchev–Trinajstić information content (AvgIpc) is 4.28. The number of non-ortho nitro benzene ring substituents is 1. The number of rotatable bonds is 19. The van der Waals surface area contributed by atoms with Crippen LogP contribution in [0.3, 0.4) is 0 Å². The largest absolute Gasteiger partial charge is 0.438 e. The molecule has 78 heavy (non-hydrogen) atoms. The highest BCUT2D eigenvalue weighted by atomic mass is 32.2. The summed E-state index contributed by atoms with van der Waals surface area (Å²) in [4.78, 5) is 58.2. The zero-order valence-electron chi connectivity index (χ0n) is 43.4. The molecule has 4 N–H and O–H groups in total. The third-order valence-corrected chi connectivity index (χ3v) is 19.7. The molecule has 0 aromatic heterocycles. The summed E-state index contributed by atoms with van der Waals surface area (Å²) in [7, 11) is -17.6. The maximum atomic E-state index is 13.7. The van der Waals surface area contributed by atoms with E-state index < -0.39 is 89.5 Å². The second-order valence-electron chi connectivity index (χ2n) is 19.9. The first-order chi connectivity index (χ1) is 36.8. The molecule has 426 valence electrons. The van der Waals surface area contributed by atoms with Crippen molar-refractivity contribution >= 4 is 59.1 Å². The molecule has 4 aromatic rings. The van der Waals surface area contributed by atoms with Gasteiger partial charge < -0.3 is 34.5 Å². The zero-order valence-corrected chi connectivity index (χ0v) is 46.9. The van der Waals surface area contributed by atoms with Gasteiger partial charge in [0.25, 0.3) is 5.69 Å². The first-order valence-electron chi connectivity index (χ1n) is 25.3. The van der Waals surface area contributed by atoms with Gasteiger partial charge in [0.1, 0.15) is 12.2 Å². The summed E-state index contributed by atoms with van der Waals surface area (Å²) in [6.07, 6.45) is -3.57. The lowest BCUT2D eigenvalue weighted by Gasteiger charge is -2.30. The van der Waals surface area contributed by atoms with E-state index in [0.717, 1.165) is 44.4 Å². The first-order valence-corrected chi connectivity index (χ1v) is 31.2. The highest BCUT2D eigenvalue weighted by Gasteiger charge is 2.56. The summed E-state index contributed by atoms with van der Waals surface area (Å²) in [6, 6.07) is 26.3. The van der Waals surface area contributed by atoms with Crippen LogP contribution in [0.1, 0.15) is 64.5 Å². The molecule has 28 heteroatoms. The van der Waals surface area contributed by atoms with Gasteiger partial charge in [-0.2, -0.15) is 8.61 Å². The Morgan fingerprint density at radius 1 is 0.667 bits per heavy atom. The summed E-state index contributed by atoms with van der Waals surface area (Å²) in [5.74, 6) is -0.211. The fraction of sp³-hybridized carbons (Fsp3) is 0.480. The van der Waals surface area contributed by atoms with E-state index >= 15 is 0 Å². The van der Waals surface area contributed by atoms with Gasteiger partial charge in [-0.3, -0.25) is 19.2 Å². The minimum atomic E-state index is -4.74. The predicted molar refractivity (Wildman–Crippen MR) is 283 cm³/mol. The lowest BCUT2D eigenvalue weighted by molar-refractivity contribution is -0.384. The minimum absolute atomic E-state index is 0.0212. The van der Waals surface area contributed by atoms with Crippen LogP contribution < -0.4 is 5.73 Å². The molecule has 2 amide bonds. The third-order valence-electron chi connectivity index (χ3n) is 12.9. The standard InChI is InChI=1S/C25H32N3O10PS.C25H34N3O8PS/c1-18(2)16-26(40(34,35)21-12-10-20(11-13-21)28(30)31)17-23-22(15-19-7-4-3-5-8-19)27(39(32,33)38-23)25(29)37-24-9-6-14-36-24;1-18(2)16-27(38(32,33)21-12-10-20(26)11-13-21)17-23-22(15-19-7-4-3-5-8-19)28(37(30,31)36-23)25(29)35-24-9-6-14-34-24/h3-5,7-8,10-13,18,22-24H,6,9,14-17H2,1-2H3,(H,32,33);3-5,7-8,10-13,18,22-24H,6,9,14-17,26H2,1-2H3,(H,30,31). The van der Waals surface area contributed by atoms with Gasteiger partial charge in [-0.15, -0.1) is 0 Å². The number of carbonyl (C=O) groups excluding carboxylic acids is 2. The summed E-state index contributed by atoms with van der Waals surface area (Å²) in [6.45, 7) is 7.69. The number of carbonyl (C=O) groups is 2. The lowest BCUT2D eigenvalue weighted by Crippen LogP contribution is -2.47. The maximum Gasteiger partial charge on any atom is 0.438 e. The molecule has 8 rings (SSSR count). The maximum absolute atomic E-state index is 13.7. The molecule has 4 aliphatic heterocycles. The second kappa shape index (κ2) is 25.8. The Labute approximate surface area is 453 Å². The quantitative estimate of drug-likeness (QED) is 0.0353. The van der Waals surface area contributed by atoms with Crippen molar-refractivity contribution in [2.45, 2.75) is 113 Å². The zero-order chi connectivity index (χ0) is 56.6. The normalized spacial score (nSPS) is 25.4. The van der Waals surface area contributed by atoms with E-state index in [-0.39, 0.29) is 66.3 Å². The lowest BCUT2D eigenvalue weighted by atomic mass is 10.0. The van der Waals surface area contributed by atoms with Crippen molar-refractivity contribution in [2.75, 3.05) is 45.1 Å². The summed E-state index contributed by atoms with van der Waals surface area (Å²) in [5, 5.41) is 11.0. The van der Waals surface area contributed by atoms with Gasteiger partial charge in [0.15, 0.2) is 0 Å². The van der Waals surface area contributed by atoms with Gasteiger partial charge in [-0.1, -0.05) is 88.4 Å². The molecular formula is C50H66N6O18P2S2. The molecule has 4 fully saturated rings. The van der Waals surface area contributed by atoms with E-state index in [1.54, 1.807) is 44.2 Å². The van der Waals surface area contributed by atoms with Crippen molar-refractivity contribution in [3.05, 3.63) is 130 Å². The Bertz CT molecular complexity index is 3010. The Morgan fingerprint density at radius 3 is 1.37 bits per heavy atom. The van der Waals surface area contributed by atoms with E-state index in [1.165, 1.54) is 28.6 Å². The van der Waals surface area contributed by atoms with Gasteiger partial charge in [0.05, 0.1) is 40.0 Å². The fourth-order valence-corrected chi connectivity index (χ4v) is 15.5. The molecule has 0 bridgehead atoms. The summed E-state index contributed by atoms with van der Waals surface area (Å²) in [5.41, 5.74) is 7.40. The monoisotopic (exact) mass is 1160 g/mol. The van der Waals surface area contributed by atoms with Crippen molar-refractivity contribution in [3.8, 4) is 0 Å². The van der Waals surface area contributed by atoms with Crippen LogP contribution in [0.15, 0.2) is 119 Å². The summed E-state index contributed by atoms with van der Waals surface area (Å²) < 4.78 is 117. The smallest absolute Gasteiger partial charge is 0.419 e. The molecule has 0 aliphatic carbocycles. The van der Waals surface area contributed by atoms with Crippen molar-refractivity contribution in [3.63, 3.8) is 0 Å². The molecule has 8 atom stereocenters. The number of benzene rings is 4. The van der Waals surface area contributed by atoms with E-state index in [2.05, 4.69) is 0 Å². The molecule has 8 unspecified atom stereocenters. The van der Waals surface area contributed by atoms with Crippen molar-refractivity contribution < 1.29 is 78.3 Å². The number of nitro groups is 1. The number of anilines is 1. The van der Waals surface area contributed by atoms with Crippen LogP contribution in [0.5, 0.6) is 0 Å². The molecule has 4 aromatic carbocycles. The molecule has 0 saturated carbocycles. The molecule has 4 heterocycles. The number of hydrogen-bond acceptors (Lipinski definition) is 17. The van der Waals surface area contributed by atoms with E-state index in [9.17, 15) is 55.5 Å². The number of nitrogens with two attached hydrogens (primary N) is 1. The Balaban J connectivity index is 0.000000226. The van der Waals surface area contributed by atoms with Crippen molar-refractivity contribution in [1.82, 2.24) is 18.0 Å². The van der Waals surface area contributed by atoms with Gasteiger partial charge in [0, 0.05) is 56.8 Å². The molecule has 0 spiro atoms. The Kier molecular flexibility index (Phi) is 20.0. The number of nitro benzene ring substituents is 1. The van der Waals surface area contributed by atoms with Gasteiger partial charge in [-0.05, 0) is 85.0 Å². The second-order valence-corrected chi connectivity index (χ2v) is 27.0. The van der Waals surface area contributed by atoms with Crippen molar-refractivity contribution in [2.24, 2.45) is 11.8 Å². The minimum Gasteiger partial charge on any atom is -0.419 e. The molecule has 4 aliphatic rings. The third kappa shape index (κ3) is 15.1. The van der Waals surface area contributed by atoms with Gasteiger partial charge in [-0.25, -0.2) is 44.9 Å². The Morgan fingerprint density at radius 2 is 1.04 bits per heavy atom. The number of amides is 2. The van der Waals surface area contributed by atoms with Gasteiger partial charge in [0.2, 0.25) is 32.6 Å². The Hall–Kier alpha value is -5.34. The molecule has 24 nitrogen and oxygen atoms in total. The van der Waals surface area contributed by atoms with E-state index in [0.29, 0.717) is 49.3 Å². The SMILES string of the molecule is CC(C)CN(CC1OP(=O)(O)N(C(=O)OC2CCCO2)C1Cc1ccccc1)S(=O)(=O)c1ccc(N)cc1.CC(C)CN(CC1OP(=O)(O)N(C(=O)OC2CCCO2)C1Cc1ccccc1)S(=O)(=O)c1ccc([N+](=O)[O-])cc1. The molecule has 0 radical (unpaired) electrons. The highest BCUT2D eigenvalue weighted by Crippen LogP contribution is 2.58. The first kappa shape index (κ1) is 60.3. The number of hydrogen-bond donors (Lipinski definition) is 3. The van der Waals surface area contributed by atoms with Crippen molar-refractivity contribution in [1.29, 1.82) is 0 Å². The van der Waals surface area contributed by atoms with Crippen LogP contribution in [0.4, 0.5) is 21.0 Å². The van der Waals surface area contributed by atoms with Crippen LogP contribution in [0, 0.1) is 22.0 Å². The summed E-state index contributed by atoms with van der Waals surface area (Å²) >= 11 is 0. The number of nitrogens with zero attached hydrogens (tertiary/aromatic N) is 5. The van der Waals surface area contributed by atoms with Crippen LogP contribution >= 0.6 is 15.5 Å². The average molecular weight is 1170 g/mol. The van der Waals surface area contributed by atoms with Gasteiger partial charge >= 0.3 is 27.7 Å². The van der Waals surface area contributed by atoms with E-state index in [4.69, 9.17) is 33.7 Å². The highest BCUT2D eigenvalue weighted by molar-refractivity contribution is 7.89. The van der Waals surface area contributed by atoms with Crippen LogP contribution in [-0.2, 0) is 70.0 Å². The van der Waals surface area contributed by atoms with Crippen LogP contribution in [0.25, 0.3) is 0 Å². The topological polar surface area (TPSA) is 315 Å².